The number of hydrogen-bond donors (Lipinski definition) is 3. The molecule has 10 nitrogen and oxygen atoms in total. The van der Waals surface area contributed by atoms with Crippen LogP contribution in [0.3, 0.4) is 0 Å². The smallest absolute Gasteiger partial charge is 0.326 e. The number of hydrogen-bond acceptors (Lipinski definition) is 7. The third-order valence-electron chi connectivity index (χ3n) is 3.23. The molecule has 2 aromatic rings. The molecular weight excluding hydrogens is 304 g/mol. The molecule has 10 heteroatoms. The zero-order valence-electron chi connectivity index (χ0n) is 12.0. The van der Waals surface area contributed by atoms with Gasteiger partial charge in [-0.3, -0.25) is 14.6 Å². The Balaban J connectivity index is 1.78. The molecular formula is C13H14N6O4. The van der Waals surface area contributed by atoms with Crippen molar-refractivity contribution in [3.8, 4) is 0 Å². The van der Waals surface area contributed by atoms with Gasteiger partial charge in [0.25, 0.3) is 11.5 Å². The Morgan fingerprint density at radius 1 is 1.17 bits per heavy atom. The maximum atomic E-state index is 12.1. The Hall–Kier alpha value is -3.01. The maximum absolute atomic E-state index is 12.1. The first-order valence-electron chi connectivity index (χ1n) is 6.91. The van der Waals surface area contributed by atoms with Crippen molar-refractivity contribution >= 4 is 17.5 Å². The third kappa shape index (κ3) is 3.61. The number of morpholine rings is 1. The van der Waals surface area contributed by atoms with Gasteiger partial charge in [-0.25, -0.2) is 14.8 Å². The number of nitrogens with one attached hydrogen (secondary N) is 3. The number of rotatable bonds is 3. The average molecular weight is 318 g/mol. The minimum Gasteiger partial charge on any atom is -0.378 e. The summed E-state index contributed by atoms with van der Waals surface area (Å²) < 4.78 is 5.28. The fourth-order valence-electron chi connectivity index (χ4n) is 2.16. The summed E-state index contributed by atoms with van der Waals surface area (Å²) in [5, 5.41) is 2.52. The SMILES string of the molecule is O=C(Nc1cc(N2CCOCC2)ncn1)c1cc(=O)[nH]c(=O)[nH]1. The van der Waals surface area contributed by atoms with Crippen molar-refractivity contribution in [2.75, 3.05) is 36.5 Å². The van der Waals surface area contributed by atoms with E-state index in [-0.39, 0.29) is 11.5 Å². The van der Waals surface area contributed by atoms with E-state index in [2.05, 4.69) is 20.3 Å². The molecule has 0 unspecified atom stereocenters. The lowest BCUT2D eigenvalue weighted by Gasteiger charge is -2.27. The van der Waals surface area contributed by atoms with Gasteiger partial charge in [-0.05, 0) is 0 Å². The lowest BCUT2D eigenvalue weighted by molar-refractivity contribution is 0.102. The molecule has 0 aliphatic carbocycles. The molecule has 0 aromatic carbocycles. The van der Waals surface area contributed by atoms with Gasteiger partial charge in [0.05, 0.1) is 13.2 Å². The monoisotopic (exact) mass is 318 g/mol. The van der Waals surface area contributed by atoms with Gasteiger partial charge >= 0.3 is 5.69 Å². The fraction of sp³-hybridized carbons (Fsp3) is 0.308. The highest BCUT2D eigenvalue weighted by Gasteiger charge is 2.14. The van der Waals surface area contributed by atoms with Crippen molar-refractivity contribution < 1.29 is 9.53 Å². The van der Waals surface area contributed by atoms with E-state index in [1.54, 1.807) is 6.07 Å². The van der Waals surface area contributed by atoms with Crippen molar-refractivity contribution in [3.05, 3.63) is 45.0 Å². The number of amides is 1. The van der Waals surface area contributed by atoms with Crippen molar-refractivity contribution in [1.29, 1.82) is 0 Å². The standard InChI is InChI=1S/C13H14N6O4/c20-11-5-8(16-13(22)18-11)12(21)17-9-6-10(15-7-14-9)19-1-3-23-4-2-19/h5-7H,1-4H2,(H,14,15,17,21)(H2,16,18,20,22). The van der Waals surface area contributed by atoms with Gasteiger partial charge in [0, 0.05) is 25.2 Å². The molecule has 1 aliphatic heterocycles. The van der Waals surface area contributed by atoms with Gasteiger partial charge in [-0.2, -0.15) is 0 Å². The van der Waals surface area contributed by atoms with Gasteiger partial charge in [-0.15, -0.1) is 0 Å². The summed E-state index contributed by atoms with van der Waals surface area (Å²) in [6.45, 7) is 2.62. The second kappa shape index (κ2) is 6.40. The molecule has 1 amide bonds. The van der Waals surface area contributed by atoms with Crippen molar-refractivity contribution in [2.45, 2.75) is 0 Å². The van der Waals surface area contributed by atoms with Crippen LogP contribution in [-0.2, 0) is 4.74 Å². The largest absolute Gasteiger partial charge is 0.378 e. The number of anilines is 2. The first-order valence-corrected chi connectivity index (χ1v) is 6.91. The molecule has 0 atom stereocenters. The predicted molar refractivity (Wildman–Crippen MR) is 80.7 cm³/mol. The second-order valence-corrected chi connectivity index (χ2v) is 4.82. The molecule has 1 saturated heterocycles. The van der Waals surface area contributed by atoms with Crippen LogP contribution in [0.1, 0.15) is 10.5 Å². The summed E-state index contributed by atoms with van der Waals surface area (Å²) in [6, 6.07) is 2.62. The van der Waals surface area contributed by atoms with Crippen LogP contribution in [0.2, 0.25) is 0 Å². The van der Waals surface area contributed by atoms with Crippen LogP contribution in [0.5, 0.6) is 0 Å². The zero-order valence-corrected chi connectivity index (χ0v) is 12.0. The minimum atomic E-state index is -0.751. The number of H-pyrrole nitrogens is 2. The molecule has 0 spiro atoms. The number of nitrogens with zero attached hydrogens (tertiary/aromatic N) is 3. The number of carbonyl (C=O) groups excluding carboxylic acids is 1. The van der Waals surface area contributed by atoms with Crippen LogP contribution < -0.4 is 21.5 Å². The van der Waals surface area contributed by atoms with Crippen LogP contribution in [0.25, 0.3) is 0 Å². The highest BCUT2D eigenvalue weighted by Crippen LogP contribution is 2.15. The van der Waals surface area contributed by atoms with Crippen LogP contribution in [0.4, 0.5) is 11.6 Å². The summed E-state index contributed by atoms with van der Waals surface area (Å²) in [5.74, 6) is 0.297. The number of ether oxygens (including phenoxy) is 1. The van der Waals surface area contributed by atoms with Crippen LogP contribution in [0.15, 0.2) is 28.0 Å². The molecule has 3 heterocycles. The molecule has 0 radical (unpaired) electrons. The lowest BCUT2D eigenvalue weighted by Crippen LogP contribution is -2.36. The van der Waals surface area contributed by atoms with Crippen molar-refractivity contribution in [3.63, 3.8) is 0 Å². The highest BCUT2D eigenvalue weighted by atomic mass is 16.5. The molecule has 2 aromatic heterocycles. The van der Waals surface area contributed by atoms with E-state index in [0.29, 0.717) is 32.1 Å². The molecule has 23 heavy (non-hydrogen) atoms. The summed E-state index contributed by atoms with van der Waals surface area (Å²) in [5.41, 5.74) is -1.56. The van der Waals surface area contributed by atoms with Gasteiger partial charge < -0.3 is 19.9 Å². The summed E-state index contributed by atoms with van der Waals surface area (Å²) in [4.78, 5) is 48.9. The maximum Gasteiger partial charge on any atom is 0.326 e. The van der Waals surface area contributed by atoms with Gasteiger partial charge in [0.1, 0.15) is 23.7 Å². The zero-order chi connectivity index (χ0) is 16.2. The topological polar surface area (TPSA) is 133 Å². The number of carbonyl (C=O) groups is 1. The molecule has 3 N–H and O–H groups in total. The second-order valence-electron chi connectivity index (χ2n) is 4.82. The predicted octanol–water partition coefficient (Wildman–Crippen LogP) is -1.06. The van der Waals surface area contributed by atoms with Crippen LogP contribution in [0, 0.1) is 0 Å². The number of aromatic amines is 2. The van der Waals surface area contributed by atoms with E-state index in [4.69, 9.17) is 4.74 Å². The fourth-order valence-corrected chi connectivity index (χ4v) is 2.16. The Kier molecular flexibility index (Phi) is 4.15. The van der Waals surface area contributed by atoms with Gasteiger partial charge in [-0.1, -0.05) is 0 Å². The van der Waals surface area contributed by atoms with E-state index in [1.807, 2.05) is 9.88 Å². The Labute approximate surface area is 129 Å². The molecule has 0 bridgehead atoms. The van der Waals surface area contributed by atoms with Crippen LogP contribution >= 0.6 is 0 Å². The van der Waals surface area contributed by atoms with E-state index >= 15 is 0 Å². The van der Waals surface area contributed by atoms with E-state index < -0.39 is 17.2 Å². The third-order valence-corrected chi connectivity index (χ3v) is 3.23. The van der Waals surface area contributed by atoms with Gasteiger partial charge in [0.2, 0.25) is 0 Å². The lowest BCUT2D eigenvalue weighted by atomic mass is 10.3. The average Bonchev–Trinajstić information content (AvgIpc) is 2.55. The summed E-state index contributed by atoms with van der Waals surface area (Å²) in [6.07, 6.45) is 1.33. The molecule has 0 saturated carbocycles. The molecule has 1 fully saturated rings. The van der Waals surface area contributed by atoms with E-state index in [0.717, 1.165) is 6.07 Å². The summed E-state index contributed by atoms with van der Waals surface area (Å²) in [7, 11) is 0. The van der Waals surface area contributed by atoms with E-state index in [9.17, 15) is 14.4 Å². The normalized spacial score (nSPS) is 14.5. The van der Waals surface area contributed by atoms with Gasteiger partial charge in [0.15, 0.2) is 0 Å². The number of aromatic nitrogens is 4. The van der Waals surface area contributed by atoms with Crippen molar-refractivity contribution in [2.24, 2.45) is 0 Å². The Morgan fingerprint density at radius 3 is 2.70 bits per heavy atom. The Bertz CT molecular complexity index is 795. The molecule has 120 valence electrons. The molecule has 3 rings (SSSR count). The van der Waals surface area contributed by atoms with Crippen LogP contribution in [-0.4, -0.2) is 52.1 Å². The quantitative estimate of drug-likeness (QED) is 0.657. The summed E-state index contributed by atoms with van der Waals surface area (Å²) >= 11 is 0. The minimum absolute atomic E-state index is 0.148. The first kappa shape index (κ1) is 14.9. The van der Waals surface area contributed by atoms with E-state index in [1.165, 1.54) is 6.33 Å². The Morgan fingerprint density at radius 2 is 1.96 bits per heavy atom. The molecule has 1 aliphatic rings. The van der Waals surface area contributed by atoms with Crippen molar-refractivity contribution in [1.82, 2.24) is 19.9 Å². The first-order chi connectivity index (χ1) is 11.1. The highest BCUT2D eigenvalue weighted by molar-refractivity contribution is 6.02.